The van der Waals surface area contributed by atoms with Crippen LogP contribution in [-0.2, 0) is 4.79 Å². The van der Waals surface area contributed by atoms with E-state index in [0.717, 1.165) is 11.8 Å². The highest BCUT2D eigenvalue weighted by molar-refractivity contribution is 8.00. The fraction of sp³-hybridized carbons (Fsp3) is 0.118. The van der Waals surface area contributed by atoms with Crippen LogP contribution in [0.15, 0.2) is 52.1 Å². The van der Waals surface area contributed by atoms with Crippen LogP contribution in [-0.4, -0.2) is 21.4 Å². The standard InChI is InChI=1S/C17H12Cl3N3O2S/c1-9(15(24)21-13-8-4-7-12(19)14(13)20)26-17-23-22-16(25-17)10-5-2-3-6-11(10)18/h2-9H,1H3,(H,21,24). The zero-order valence-electron chi connectivity index (χ0n) is 13.4. The summed E-state index contributed by atoms with van der Waals surface area (Å²) in [4.78, 5) is 12.4. The molecule has 1 unspecified atom stereocenters. The summed E-state index contributed by atoms with van der Waals surface area (Å²) >= 11 is 19.3. The number of nitrogens with zero attached hydrogens (tertiary/aromatic N) is 2. The van der Waals surface area contributed by atoms with Gasteiger partial charge in [-0.3, -0.25) is 4.79 Å². The predicted octanol–water partition coefficient (Wildman–Crippen LogP) is 5.82. The maximum atomic E-state index is 12.4. The Morgan fingerprint density at radius 2 is 1.81 bits per heavy atom. The van der Waals surface area contributed by atoms with Crippen molar-refractivity contribution in [1.29, 1.82) is 0 Å². The number of nitrogens with one attached hydrogen (secondary N) is 1. The monoisotopic (exact) mass is 427 g/mol. The minimum Gasteiger partial charge on any atom is -0.411 e. The Morgan fingerprint density at radius 1 is 1.08 bits per heavy atom. The molecule has 9 heteroatoms. The first-order valence-electron chi connectivity index (χ1n) is 7.45. The third-order valence-electron chi connectivity index (χ3n) is 3.37. The van der Waals surface area contributed by atoms with E-state index in [9.17, 15) is 4.79 Å². The average molecular weight is 429 g/mol. The zero-order chi connectivity index (χ0) is 18.7. The number of amides is 1. The molecule has 0 bridgehead atoms. The van der Waals surface area contributed by atoms with Crippen molar-refractivity contribution in [2.24, 2.45) is 0 Å². The maximum Gasteiger partial charge on any atom is 0.277 e. The Hall–Kier alpha value is -1.73. The van der Waals surface area contributed by atoms with Gasteiger partial charge >= 0.3 is 0 Å². The molecule has 0 saturated heterocycles. The third kappa shape index (κ3) is 4.32. The van der Waals surface area contributed by atoms with Crippen LogP contribution in [0.4, 0.5) is 5.69 Å². The van der Waals surface area contributed by atoms with E-state index in [1.165, 1.54) is 0 Å². The Kier molecular flexibility index (Phi) is 6.09. The lowest BCUT2D eigenvalue weighted by Gasteiger charge is -2.11. The molecule has 3 rings (SSSR count). The number of halogens is 3. The van der Waals surface area contributed by atoms with Gasteiger partial charge in [-0.25, -0.2) is 0 Å². The Morgan fingerprint density at radius 3 is 2.58 bits per heavy atom. The highest BCUT2D eigenvalue weighted by Crippen LogP contribution is 2.32. The van der Waals surface area contributed by atoms with E-state index in [0.29, 0.717) is 32.2 Å². The molecule has 1 aromatic heterocycles. The van der Waals surface area contributed by atoms with E-state index in [4.69, 9.17) is 39.2 Å². The number of rotatable bonds is 5. The second kappa shape index (κ2) is 8.31. The summed E-state index contributed by atoms with van der Waals surface area (Å²) in [7, 11) is 0. The largest absolute Gasteiger partial charge is 0.411 e. The van der Waals surface area contributed by atoms with E-state index in [2.05, 4.69) is 15.5 Å². The summed E-state index contributed by atoms with van der Waals surface area (Å²) in [5.41, 5.74) is 1.08. The van der Waals surface area contributed by atoms with Gasteiger partial charge < -0.3 is 9.73 Å². The lowest BCUT2D eigenvalue weighted by atomic mass is 10.2. The molecule has 1 heterocycles. The van der Waals surface area contributed by atoms with Gasteiger partial charge in [0, 0.05) is 0 Å². The van der Waals surface area contributed by atoms with Gasteiger partial charge in [0.25, 0.3) is 5.22 Å². The number of carbonyl (C=O) groups is 1. The second-order valence-corrected chi connectivity index (χ2v) is 7.69. The molecule has 0 aliphatic heterocycles. The summed E-state index contributed by atoms with van der Waals surface area (Å²) in [6.07, 6.45) is 0. The number of benzene rings is 2. The molecular formula is C17H12Cl3N3O2S. The van der Waals surface area contributed by atoms with Crippen LogP contribution in [0.5, 0.6) is 0 Å². The number of anilines is 1. The molecule has 0 saturated carbocycles. The van der Waals surface area contributed by atoms with Crippen LogP contribution in [0.2, 0.25) is 15.1 Å². The summed E-state index contributed by atoms with van der Waals surface area (Å²) in [5, 5.41) is 11.6. The quantitative estimate of drug-likeness (QED) is 0.519. The van der Waals surface area contributed by atoms with E-state index in [1.54, 1.807) is 37.3 Å². The molecule has 0 spiro atoms. The topological polar surface area (TPSA) is 68.0 Å². The molecule has 1 atom stereocenters. The van der Waals surface area contributed by atoms with Crippen molar-refractivity contribution in [2.75, 3.05) is 5.32 Å². The van der Waals surface area contributed by atoms with Crippen LogP contribution in [0.25, 0.3) is 11.5 Å². The number of aromatic nitrogens is 2. The number of carbonyl (C=O) groups excluding carboxylic acids is 1. The summed E-state index contributed by atoms with van der Waals surface area (Å²) < 4.78 is 5.59. The average Bonchev–Trinajstić information content (AvgIpc) is 3.07. The Balaban J connectivity index is 1.68. The fourth-order valence-corrected chi connectivity index (χ4v) is 3.29. The van der Waals surface area contributed by atoms with Crippen molar-refractivity contribution >= 4 is 58.2 Å². The van der Waals surface area contributed by atoms with Crippen LogP contribution in [0.1, 0.15) is 6.92 Å². The van der Waals surface area contributed by atoms with Gasteiger partial charge in [0.1, 0.15) is 0 Å². The van der Waals surface area contributed by atoms with Crippen molar-refractivity contribution in [3.63, 3.8) is 0 Å². The molecule has 0 aliphatic carbocycles. The smallest absolute Gasteiger partial charge is 0.277 e. The Bertz CT molecular complexity index is 949. The number of thioether (sulfide) groups is 1. The molecule has 26 heavy (non-hydrogen) atoms. The molecule has 0 aliphatic rings. The van der Waals surface area contributed by atoms with Gasteiger partial charge in [0.05, 0.1) is 31.6 Å². The number of hydrogen-bond donors (Lipinski definition) is 1. The van der Waals surface area contributed by atoms with E-state index >= 15 is 0 Å². The van der Waals surface area contributed by atoms with Crippen molar-refractivity contribution in [3.05, 3.63) is 57.5 Å². The van der Waals surface area contributed by atoms with Gasteiger partial charge in [-0.15, -0.1) is 10.2 Å². The lowest BCUT2D eigenvalue weighted by molar-refractivity contribution is -0.115. The highest BCUT2D eigenvalue weighted by atomic mass is 35.5. The highest BCUT2D eigenvalue weighted by Gasteiger charge is 2.20. The minimum absolute atomic E-state index is 0.264. The molecule has 134 valence electrons. The van der Waals surface area contributed by atoms with Crippen molar-refractivity contribution in [3.8, 4) is 11.5 Å². The van der Waals surface area contributed by atoms with E-state index < -0.39 is 5.25 Å². The molecule has 2 aromatic carbocycles. The van der Waals surface area contributed by atoms with Gasteiger partial charge in [0.15, 0.2) is 0 Å². The molecule has 1 N–H and O–H groups in total. The van der Waals surface area contributed by atoms with Crippen molar-refractivity contribution < 1.29 is 9.21 Å². The molecule has 5 nitrogen and oxygen atoms in total. The number of hydrogen-bond acceptors (Lipinski definition) is 5. The van der Waals surface area contributed by atoms with Crippen molar-refractivity contribution in [1.82, 2.24) is 10.2 Å². The van der Waals surface area contributed by atoms with Gasteiger partial charge in [-0.05, 0) is 31.2 Å². The summed E-state index contributed by atoms with van der Waals surface area (Å²) in [5.74, 6) is 0.0280. The van der Waals surface area contributed by atoms with Gasteiger partial charge in [-0.1, -0.05) is 64.8 Å². The van der Waals surface area contributed by atoms with Gasteiger partial charge in [-0.2, -0.15) is 0 Å². The molecular weight excluding hydrogens is 417 g/mol. The summed E-state index contributed by atoms with van der Waals surface area (Å²) in [6, 6.07) is 12.2. The molecule has 0 fully saturated rings. The Labute approximate surface area is 169 Å². The fourth-order valence-electron chi connectivity index (χ4n) is 2.04. The maximum absolute atomic E-state index is 12.4. The van der Waals surface area contributed by atoms with Crippen LogP contribution in [0, 0.1) is 0 Å². The van der Waals surface area contributed by atoms with Gasteiger partial charge in [0.2, 0.25) is 11.8 Å². The zero-order valence-corrected chi connectivity index (χ0v) is 16.5. The first-order valence-corrected chi connectivity index (χ1v) is 9.47. The van der Waals surface area contributed by atoms with Crippen molar-refractivity contribution in [2.45, 2.75) is 17.4 Å². The van der Waals surface area contributed by atoms with E-state index in [1.807, 2.05) is 12.1 Å². The normalized spacial score (nSPS) is 12.0. The second-order valence-electron chi connectivity index (χ2n) is 5.20. The minimum atomic E-state index is -0.496. The van der Waals surface area contributed by atoms with Crippen LogP contribution < -0.4 is 5.32 Å². The lowest BCUT2D eigenvalue weighted by Crippen LogP contribution is -2.22. The van der Waals surface area contributed by atoms with Crippen LogP contribution in [0.3, 0.4) is 0 Å². The molecule has 0 radical (unpaired) electrons. The predicted molar refractivity (Wildman–Crippen MR) is 105 cm³/mol. The summed E-state index contributed by atoms with van der Waals surface area (Å²) in [6.45, 7) is 1.72. The molecule has 1 amide bonds. The SMILES string of the molecule is CC(Sc1nnc(-c2ccccc2Cl)o1)C(=O)Nc1cccc(Cl)c1Cl. The third-order valence-corrected chi connectivity index (χ3v) is 5.45. The van der Waals surface area contributed by atoms with Crippen LogP contribution >= 0.6 is 46.6 Å². The molecule has 3 aromatic rings. The van der Waals surface area contributed by atoms with E-state index in [-0.39, 0.29) is 11.1 Å². The first-order chi connectivity index (χ1) is 12.5. The first kappa shape index (κ1) is 19.0.